The van der Waals surface area contributed by atoms with Crippen LogP contribution < -0.4 is 4.74 Å². The third kappa shape index (κ3) is 3.32. The number of hydrogen-bond acceptors (Lipinski definition) is 4. The van der Waals surface area contributed by atoms with Gasteiger partial charge in [-0.1, -0.05) is 6.42 Å². The highest BCUT2D eigenvalue weighted by Gasteiger charge is 2.10. The largest absolute Gasteiger partial charge is 0.465 e. The zero-order valence-corrected chi connectivity index (χ0v) is 11.0. The lowest BCUT2D eigenvalue weighted by atomic mass is 10.1. The van der Waals surface area contributed by atoms with Gasteiger partial charge >= 0.3 is 0 Å². The molecule has 1 aliphatic rings. The van der Waals surface area contributed by atoms with Crippen molar-refractivity contribution in [3.63, 3.8) is 0 Å². The van der Waals surface area contributed by atoms with E-state index in [-0.39, 0.29) is 0 Å². The summed E-state index contributed by atoms with van der Waals surface area (Å²) in [5, 5.41) is 0. The number of imidazole rings is 1. The number of aromatic nitrogens is 2. The SMILES string of the molecule is Cn1c(C=O)cnc1OCCCN1CCCCC1. The number of rotatable bonds is 6. The molecule has 1 saturated heterocycles. The molecule has 0 saturated carbocycles. The van der Waals surface area contributed by atoms with Crippen molar-refractivity contribution in [2.45, 2.75) is 25.7 Å². The van der Waals surface area contributed by atoms with E-state index in [2.05, 4.69) is 9.88 Å². The molecular formula is C13H21N3O2. The van der Waals surface area contributed by atoms with E-state index in [4.69, 9.17) is 4.74 Å². The molecule has 0 amide bonds. The predicted octanol–water partition coefficient (Wildman–Crippen LogP) is 1.49. The summed E-state index contributed by atoms with van der Waals surface area (Å²) in [6.45, 7) is 4.18. The van der Waals surface area contributed by atoms with E-state index in [0.717, 1.165) is 19.3 Å². The van der Waals surface area contributed by atoms with Gasteiger partial charge < -0.3 is 9.64 Å². The molecule has 1 aliphatic heterocycles. The Hall–Kier alpha value is -1.36. The van der Waals surface area contributed by atoms with Gasteiger partial charge in [0.1, 0.15) is 5.69 Å². The molecule has 0 spiro atoms. The average molecular weight is 251 g/mol. The van der Waals surface area contributed by atoms with Crippen LogP contribution in [0.25, 0.3) is 0 Å². The molecule has 2 heterocycles. The highest BCUT2D eigenvalue weighted by atomic mass is 16.5. The van der Waals surface area contributed by atoms with Crippen LogP contribution in [0.15, 0.2) is 6.20 Å². The van der Waals surface area contributed by atoms with Gasteiger partial charge in [0.2, 0.25) is 0 Å². The third-order valence-corrected chi connectivity index (χ3v) is 3.40. The van der Waals surface area contributed by atoms with Crippen molar-refractivity contribution in [1.82, 2.24) is 14.5 Å². The highest BCUT2D eigenvalue weighted by molar-refractivity contribution is 5.72. The maximum absolute atomic E-state index is 10.7. The summed E-state index contributed by atoms with van der Waals surface area (Å²) in [6.07, 6.45) is 7.34. The molecule has 2 rings (SSSR count). The molecule has 0 bridgehead atoms. The molecular weight excluding hydrogens is 230 g/mol. The summed E-state index contributed by atoms with van der Waals surface area (Å²) >= 11 is 0. The van der Waals surface area contributed by atoms with Gasteiger partial charge in [0.15, 0.2) is 6.29 Å². The van der Waals surface area contributed by atoms with Gasteiger partial charge in [-0.25, -0.2) is 4.98 Å². The summed E-state index contributed by atoms with van der Waals surface area (Å²) in [6, 6.07) is 0.524. The van der Waals surface area contributed by atoms with Crippen molar-refractivity contribution in [3.05, 3.63) is 11.9 Å². The first-order chi connectivity index (χ1) is 8.81. The van der Waals surface area contributed by atoms with Crippen LogP contribution in [-0.2, 0) is 7.05 Å². The Balaban J connectivity index is 1.68. The summed E-state index contributed by atoms with van der Waals surface area (Å²) in [7, 11) is 1.79. The number of likely N-dealkylation sites (tertiary alicyclic amines) is 1. The quantitative estimate of drug-likeness (QED) is 0.567. The molecule has 1 aromatic heterocycles. The molecule has 0 radical (unpaired) electrons. The van der Waals surface area contributed by atoms with Gasteiger partial charge in [-0.15, -0.1) is 0 Å². The monoisotopic (exact) mass is 251 g/mol. The van der Waals surface area contributed by atoms with Crippen LogP contribution in [0.3, 0.4) is 0 Å². The number of carbonyl (C=O) groups excluding carboxylic acids is 1. The summed E-state index contributed by atoms with van der Waals surface area (Å²) in [5.74, 6) is 0. The van der Waals surface area contributed by atoms with Crippen molar-refractivity contribution in [1.29, 1.82) is 0 Å². The Morgan fingerprint density at radius 1 is 1.39 bits per heavy atom. The predicted molar refractivity (Wildman–Crippen MR) is 69.0 cm³/mol. The second kappa shape index (κ2) is 6.54. The van der Waals surface area contributed by atoms with Gasteiger partial charge in [0, 0.05) is 13.6 Å². The molecule has 18 heavy (non-hydrogen) atoms. The van der Waals surface area contributed by atoms with E-state index < -0.39 is 0 Å². The molecule has 1 aromatic rings. The van der Waals surface area contributed by atoms with Crippen molar-refractivity contribution < 1.29 is 9.53 Å². The molecule has 0 N–H and O–H groups in total. The van der Waals surface area contributed by atoms with Crippen LogP contribution in [0.2, 0.25) is 0 Å². The number of carbonyl (C=O) groups is 1. The number of aldehydes is 1. The lowest BCUT2D eigenvalue weighted by Gasteiger charge is -2.26. The van der Waals surface area contributed by atoms with Crippen LogP contribution >= 0.6 is 0 Å². The van der Waals surface area contributed by atoms with Gasteiger partial charge in [0.25, 0.3) is 6.01 Å². The normalized spacial score (nSPS) is 16.7. The van der Waals surface area contributed by atoms with Gasteiger partial charge in [-0.05, 0) is 32.4 Å². The fourth-order valence-electron chi connectivity index (χ4n) is 2.28. The highest BCUT2D eigenvalue weighted by Crippen LogP contribution is 2.11. The lowest BCUT2D eigenvalue weighted by molar-refractivity contribution is 0.111. The van der Waals surface area contributed by atoms with Crippen molar-refractivity contribution >= 4 is 6.29 Å². The summed E-state index contributed by atoms with van der Waals surface area (Å²) < 4.78 is 7.25. The minimum absolute atomic E-state index is 0.524. The van der Waals surface area contributed by atoms with Gasteiger partial charge in [-0.3, -0.25) is 9.36 Å². The first kappa shape index (κ1) is 13.1. The van der Waals surface area contributed by atoms with Crippen molar-refractivity contribution in [2.24, 2.45) is 7.05 Å². The fraction of sp³-hybridized carbons (Fsp3) is 0.692. The third-order valence-electron chi connectivity index (χ3n) is 3.40. The standard InChI is InChI=1S/C13H21N3O2/c1-15-12(11-17)10-14-13(15)18-9-5-8-16-6-3-2-4-7-16/h10-11H,2-9H2,1H3. The number of ether oxygens (including phenoxy) is 1. The van der Waals surface area contributed by atoms with Crippen LogP contribution in [-0.4, -0.2) is 47.0 Å². The summed E-state index contributed by atoms with van der Waals surface area (Å²) in [5.41, 5.74) is 0.543. The van der Waals surface area contributed by atoms with E-state index in [1.165, 1.54) is 38.5 Å². The smallest absolute Gasteiger partial charge is 0.296 e. The Morgan fingerprint density at radius 3 is 2.83 bits per heavy atom. The fourth-order valence-corrected chi connectivity index (χ4v) is 2.28. The minimum Gasteiger partial charge on any atom is -0.465 e. The molecule has 1 fully saturated rings. The molecule has 0 aromatic carbocycles. The Morgan fingerprint density at radius 2 is 2.17 bits per heavy atom. The van der Waals surface area contributed by atoms with E-state index in [1.54, 1.807) is 11.6 Å². The van der Waals surface area contributed by atoms with E-state index >= 15 is 0 Å². The maximum Gasteiger partial charge on any atom is 0.296 e. The van der Waals surface area contributed by atoms with Crippen molar-refractivity contribution in [3.8, 4) is 6.01 Å². The van der Waals surface area contributed by atoms with E-state index in [1.807, 2.05) is 0 Å². The van der Waals surface area contributed by atoms with Gasteiger partial charge in [0.05, 0.1) is 12.8 Å². The van der Waals surface area contributed by atoms with Gasteiger partial charge in [-0.2, -0.15) is 0 Å². The molecule has 5 nitrogen and oxygen atoms in total. The van der Waals surface area contributed by atoms with Crippen LogP contribution in [0.1, 0.15) is 36.2 Å². The molecule has 0 aliphatic carbocycles. The van der Waals surface area contributed by atoms with E-state index in [9.17, 15) is 4.79 Å². The van der Waals surface area contributed by atoms with E-state index in [0.29, 0.717) is 18.3 Å². The van der Waals surface area contributed by atoms with Crippen LogP contribution in [0, 0.1) is 0 Å². The maximum atomic E-state index is 10.7. The topological polar surface area (TPSA) is 47.4 Å². The lowest BCUT2D eigenvalue weighted by Crippen LogP contribution is -2.31. The van der Waals surface area contributed by atoms with Crippen LogP contribution in [0.4, 0.5) is 0 Å². The Bertz CT molecular complexity index is 384. The second-order valence-corrected chi connectivity index (χ2v) is 4.75. The molecule has 100 valence electrons. The molecule has 0 atom stereocenters. The van der Waals surface area contributed by atoms with Crippen LogP contribution in [0.5, 0.6) is 6.01 Å². The number of piperidine rings is 1. The number of nitrogens with zero attached hydrogens (tertiary/aromatic N) is 3. The Kier molecular flexibility index (Phi) is 4.75. The second-order valence-electron chi connectivity index (χ2n) is 4.75. The zero-order chi connectivity index (χ0) is 12.8. The minimum atomic E-state index is 0.524. The first-order valence-electron chi connectivity index (χ1n) is 6.63. The first-order valence-corrected chi connectivity index (χ1v) is 6.63. The average Bonchev–Trinajstić information content (AvgIpc) is 2.77. The zero-order valence-electron chi connectivity index (χ0n) is 11.0. The Labute approximate surface area is 108 Å². The molecule has 5 heteroatoms. The van der Waals surface area contributed by atoms with Crippen molar-refractivity contribution in [2.75, 3.05) is 26.2 Å². The molecule has 0 unspecified atom stereocenters. The number of hydrogen-bond donors (Lipinski definition) is 0. The summed E-state index contributed by atoms with van der Waals surface area (Å²) in [4.78, 5) is 17.2.